The minimum Gasteiger partial charge on any atom is -0.299 e. The first-order valence-corrected chi connectivity index (χ1v) is 33.7. The predicted octanol–water partition coefficient (Wildman–Crippen LogP) is 9.07. The Morgan fingerprint density at radius 3 is 0.744 bits per heavy atom. The lowest BCUT2D eigenvalue weighted by atomic mass is 10.1. The summed E-state index contributed by atoms with van der Waals surface area (Å²) >= 11 is 0. The van der Waals surface area contributed by atoms with E-state index in [1.54, 1.807) is 133 Å². The lowest BCUT2D eigenvalue weighted by Crippen LogP contribution is -2.37. The Morgan fingerprint density at radius 2 is 0.524 bits per heavy atom. The fourth-order valence-corrected chi connectivity index (χ4v) is 16.2. The zero-order chi connectivity index (χ0) is 58.1. The van der Waals surface area contributed by atoms with Crippen molar-refractivity contribution in [1.82, 2.24) is 37.0 Å². The summed E-state index contributed by atoms with van der Waals surface area (Å²) in [6.45, 7) is 11.8. The molecule has 2 aromatic heterocycles. The molecule has 2 aliphatic heterocycles. The van der Waals surface area contributed by atoms with Crippen LogP contribution in [-0.2, 0) is 79.4 Å². The van der Waals surface area contributed by atoms with Crippen molar-refractivity contribution < 1.29 is 33.7 Å². The average molecular weight is 1190 g/mol. The second kappa shape index (κ2) is 26.7. The SMILES string of the molecule is Cc1ccc(S(=O)(=O)N2CCCN(Cc3ccc(CN4CCCN(S(=O)(=O)c5ccc(C)cc5)Cc5cccc(n5)CN(S(=O)(=O)c5ccc(C)cc5)CCC4)cc3)CCCN(S(=O)(=O)c3ccc(C)cc3)Cc3cccc(n3)C2)cc1. The van der Waals surface area contributed by atoms with E-state index in [2.05, 4.69) is 34.1 Å². The summed E-state index contributed by atoms with van der Waals surface area (Å²) in [6, 6.07) is 46.4. The number of pyridine rings is 2. The molecule has 16 nitrogen and oxygen atoms in total. The average Bonchev–Trinajstić information content (AvgIpc) is 3.45. The van der Waals surface area contributed by atoms with Crippen molar-refractivity contribution in [3.05, 3.63) is 214 Å². The van der Waals surface area contributed by atoms with Gasteiger partial charge in [-0.25, -0.2) is 33.7 Å². The van der Waals surface area contributed by atoms with Gasteiger partial charge >= 0.3 is 0 Å². The van der Waals surface area contributed by atoms with Gasteiger partial charge < -0.3 is 0 Å². The maximum absolute atomic E-state index is 14.4. The molecule has 5 aromatic carbocycles. The molecule has 4 bridgehead atoms. The summed E-state index contributed by atoms with van der Waals surface area (Å²) in [6.07, 6.45) is 2.00. The number of fused-ring (bicyclic) bond motifs is 4. The topological polar surface area (TPSA) is 182 Å². The Labute approximate surface area is 486 Å². The predicted molar refractivity (Wildman–Crippen MR) is 319 cm³/mol. The number of nitrogens with zero attached hydrogens (tertiary/aromatic N) is 8. The molecule has 82 heavy (non-hydrogen) atoms. The van der Waals surface area contributed by atoms with E-state index in [0.29, 0.717) is 87.7 Å². The van der Waals surface area contributed by atoms with Crippen molar-refractivity contribution in [2.75, 3.05) is 52.4 Å². The van der Waals surface area contributed by atoms with Gasteiger partial charge in [-0.15, -0.1) is 0 Å². The molecule has 0 radical (unpaired) electrons. The van der Waals surface area contributed by atoms with Crippen molar-refractivity contribution in [2.24, 2.45) is 0 Å². The van der Waals surface area contributed by atoms with E-state index >= 15 is 0 Å². The lowest BCUT2D eigenvalue weighted by molar-refractivity contribution is 0.235. The third-order valence-corrected chi connectivity index (χ3v) is 22.5. The van der Waals surface area contributed by atoms with Crippen molar-refractivity contribution in [1.29, 1.82) is 0 Å². The molecule has 0 saturated heterocycles. The summed E-state index contributed by atoms with van der Waals surface area (Å²) in [4.78, 5) is 14.9. The second-order valence-corrected chi connectivity index (χ2v) is 29.4. The van der Waals surface area contributed by atoms with Gasteiger partial charge in [0, 0.05) is 39.3 Å². The second-order valence-electron chi connectivity index (χ2n) is 21.6. The molecule has 0 aliphatic carbocycles. The molecule has 9 rings (SSSR count). The summed E-state index contributed by atoms with van der Waals surface area (Å²) in [5, 5.41) is 0. The molecule has 2 aliphatic rings. The van der Waals surface area contributed by atoms with Gasteiger partial charge in [0.15, 0.2) is 0 Å². The van der Waals surface area contributed by atoms with Gasteiger partial charge in [-0.2, -0.15) is 17.2 Å². The van der Waals surface area contributed by atoms with Crippen LogP contribution in [0.2, 0.25) is 0 Å². The van der Waals surface area contributed by atoms with Crippen LogP contribution in [0.3, 0.4) is 0 Å². The number of sulfonamides is 4. The van der Waals surface area contributed by atoms with Crippen molar-refractivity contribution >= 4 is 40.1 Å². The van der Waals surface area contributed by atoms with Crippen LogP contribution in [0.5, 0.6) is 0 Å². The van der Waals surface area contributed by atoms with Crippen LogP contribution in [0.1, 0.15) is 81.8 Å². The van der Waals surface area contributed by atoms with E-state index in [4.69, 9.17) is 9.97 Å². The molecule has 4 heterocycles. The highest BCUT2D eigenvalue weighted by Gasteiger charge is 2.31. The summed E-state index contributed by atoms with van der Waals surface area (Å²) in [7, 11) is -15.8. The molecule has 0 unspecified atom stereocenters. The minimum absolute atomic E-state index is 0.00837. The van der Waals surface area contributed by atoms with Gasteiger partial charge in [0.1, 0.15) is 0 Å². The van der Waals surface area contributed by atoms with Gasteiger partial charge in [-0.3, -0.25) is 19.8 Å². The Balaban J connectivity index is 0.959. The standard InChI is InChI=1S/C62H74N8O8S4/c1-49-15-27-59(28-16-49)79(71,72)67-39-7-35-65(36-8-40-68(46-56-12-5-11-55(45-67)63-56)80(73,74)60-29-17-50(2)18-30-60)43-53-23-25-54(26-24-53)44-66-37-9-41-69(81(75,76)61-31-19-51(3)20-32-61)47-57-13-6-14-58(64-57)48-70(42-10-38-66)82(77,78)62-33-21-52(4)22-34-62/h5-6,11-34H,7-10,35-48H2,1-4H3. The quantitative estimate of drug-likeness (QED) is 0.113. The molecular formula is C62H74N8O8S4. The third-order valence-electron chi connectivity index (χ3n) is 15.1. The van der Waals surface area contributed by atoms with Gasteiger partial charge in [0.25, 0.3) is 0 Å². The highest BCUT2D eigenvalue weighted by Crippen LogP contribution is 2.26. The lowest BCUT2D eigenvalue weighted by Gasteiger charge is -2.29. The monoisotopic (exact) mass is 1190 g/mol. The molecule has 0 saturated carbocycles. The number of aryl methyl sites for hydroxylation is 4. The van der Waals surface area contributed by atoms with E-state index in [-0.39, 0.29) is 71.9 Å². The van der Waals surface area contributed by atoms with Crippen LogP contribution >= 0.6 is 0 Å². The van der Waals surface area contributed by atoms with E-state index in [1.165, 1.54) is 17.2 Å². The largest absolute Gasteiger partial charge is 0.299 e. The highest BCUT2D eigenvalue weighted by atomic mass is 32.2. The first-order valence-electron chi connectivity index (χ1n) is 27.9. The molecule has 0 atom stereocenters. The fourth-order valence-electron chi connectivity index (χ4n) is 10.4. The van der Waals surface area contributed by atoms with Crippen molar-refractivity contribution in [3.63, 3.8) is 0 Å². The fraction of sp³-hybridized carbons (Fsp3) is 0.355. The number of hydrogen-bond donors (Lipinski definition) is 0. The molecule has 434 valence electrons. The van der Waals surface area contributed by atoms with Crippen molar-refractivity contribution in [2.45, 2.75) is 112 Å². The molecule has 0 N–H and O–H groups in total. The Morgan fingerprint density at radius 1 is 0.305 bits per heavy atom. The van der Waals surface area contributed by atoms with Gasteiger partial charge in [0.2, 0.25) is 40.1 Å². The molecule has 0 fully saturated rings. The van der Waals surface area contributed by atoms with Gasteiger partial charge in [0.05, 0.1) is 68.5 Å². The molecule has 0 spiro atoms. The first-order chi connectivity index (χ1) is 39.2. The number of aromatic nitrogens is 2. The first kappa shape index (κ1) is 60.5. The van der Waals surface area contributed by atoms with Crippen LogP contribution in [0.15, 0.2) is 177 Å². The van der Waals surface area contributed by atoms with E-state index < -0.39 is 40.1 Å². The van der Waals surface area contributed by atoms with Crippen LogP contribution in [-0.4, -0.2) is 123 Å². The van der Waals surface area contributed by atoms with Gasteiger partial charge in [-0.05, 0) is 163 Å². The zero-order valence-corrected chi connectivity index (χ0v) is 50.5. The minimum atomic E-state index is -3.95. The third kappa shape index (κ3) is 15.4. The summed E-state index contributed by atoms with van der Waals surface area (Å²) < 4.78 is 121. The van der Waals surface area contributed by atoms with Crippen LogP contribution in [0.4, 0.5) is 0 Å². The molecule has 20 heteroatoms. The normalized spacial score (nSPS) is 17.4. The van der Waals surface area contributed by atoms with E-state index in [0.717, 1.165) is 33.4 Å². The van der Waals surface area contributed by atoms with Crippen LogP contribution < -0.4 is 0 Å². The highest BCUT2D eigenvalue weighted by molar-refractivity contribution is 7.90. The Bertz CT molecular complexity index is 3280. The summed E-state index contributed by atoms with van der Waals surface area (Å²) in [5.41, 5.74) is 7.87. The molecule has 7 aromatic rings. The van der Waals surface area contributed by atoms with Gasteiger partial charge in [-0.1, -0.05) is 107 Å². The number of rotatable bonds is 12. The Hall–Kier alpha value is -6.04. The Kier molecular flexibility index (Phi) is 19.7. The maximum Gasteiger partial charge on any atom is 0.243 e. The maximum atomic E-state index is 14.4. The number of hydrogen-bond acceptors (Lipinski definition) is 12. The molecular weight excluding hydrogens is 1110 g/mol. The van der Waals surface area contributed by atoms with Crippen molar-refractivity contribution in [3.8, 4) is 0 Å². The van der Waals surface area contributed by atoms with Crippen LogP contribution in [0, 0.1) is 27.7 Å². The van der Waals surface area contributed by atoms with Crippen LogP contribution in [0.25, 0.3) is 0 Å². The summed E-state index contributed by atoms with van der Waals surface area (Å²) in [5.74, 6) is 0. The molecule has 0 amide bonds. The van der Waals surface area contributed by atoms with E-state index in [1.807, 2.05) is 27.7 Å². The van der Waals surface area contributed by atoms with E-state index in [9.17, 15) is 33.7 Å². The number of benzene rings is 5. The smallest absolute Gasteiger partial charge is 0.243 e. The zero-order valence-electron chi connectivity index (χ0n) is 47.2.